The molecule has 0 aliphatic carbocycles. The molecule has 0 spiro atoms. The second kappa shape index (κ2) is 17.1. The number of amides is 1. The van der Waals surface area contributed by atoms with Gasteiger partial charge in [-0.15, -0.1) is 23.1 Å². The van der Waals surface area contributed by atoms with E-state index in [9.17, 15) is 23.3 Å². The summed E-state index contributed by atoms with van der Waals surface area (Å²) in [4.78, 5) is 30.8. The third-order valence-corrected chi connectivity index (χ3v) is 11.8. The van der Waals surface area contributed by atoms with Crippen molar-refractivity contribution in [1.29, 1.82) is 0 Å². The largest absolute Gasteiger partial charge is 0.494 e. The number of nitrogens with one attached hydrogen (secondary N) is 2. The van der Waals surface area contributed by atoms with Gasteiger partial charge in [-0.3, -0.25) is 19.8 Å². The van der Waals surface area contributed by atoms with Crippen LogP contribution in [0.25, 0.3) is 11.1 Å². The summed E-state index contributed by atoms with van der Waals surface area (Å²) in [5.74, 6) is 0.700. The Morgan fingerprint density at radius 3 is 2.35 bits per heavy atom. The van der Waals surface area contributed by atoms with Crippen molar-refractivity contribution in [2.75, 3.05) is 55.3 Å². The van der Waals surface area contributed by atoms with E-state index in [2.05, 4.69) is 43.4 Å². The molecule has 1 aromatic heterocycles. The van der Waals surface area contributed by atoms with E-state index in [1.54, 1.807) is 47.4 Å². The molecule has 1 saturated heterocycles. The van der Waals surface area contributed by atoms with Crippen LogP contribution >= 0.6 is 23.1 Å². The lowest BCUT2D eigenvalue weighted by Gasteiger charge is -2.36. The van der Waals surface area contributed by atoms with Gasteiger partial charge in [0.1, 0.15) is 11.4 Å². The number of hydrogen-bond donors (Lipinski definition) is 2. The molecule has 52 heavy (non-hydrogen) atoms. The lowest BCUT2D eigenvalue weighted by atomic mass is 10.1. The summed E-state index contributed by atoms with van der Waals surface area (Å²) < 4.78 is 33.8. The van der Waals surface area contributed by atoms with Crippen LogP contribution in [0.2, 0.25) is 0 Å². The maximum absolute atomic E-state index is 13.1. The Bertz CT molecular complexity index is 2080. The van der Waals surface area contributed by atoms with Gasteiger partial charge in [0.2, 0.25) is 0 Å². The number of thioether (sulfide) groups is 1. The third kappa shape index (κ3) is 9.50. The predicted octanol–water partition coefficient (Wildman–Crippen LogP) is 7.37. The number of piperazine rings is 1. The van der Waals surface area contributed by atoms with Gasteiger partial charge in [-0.1, -0.05) is 30.3 Å². The molecule has 0 bridgehead atoms. The van der Waals surface area contributed by atoms with E-state index in [1.165, 1.54) is 28.1 Å². The summed E-state index contributed by atoms with van der Waals surface area (Å²) in [5.41, 5.74) is 3.27. The number of thiophene rings is 1. The van der Waals surface area contributed by atoms with Crippen LogP contribution in [0.1, 0.15) is 22.2 Å². The number of hydrogen-bond acceptors (Lipinski definition) is 11. The van der Waals surface area contributed by atoms with Crippen LogP contribution in [0.3, 0.4) is 0 Å². The fourth-order valence-corrected chi connectivity index (χ4v) is 8.54. The van der Waals surface area contributed by atoms with Crippen molar-refractivity contribution in [3.63, 3.8) is 0 Å². The van der Waals surface area contributed by atoms with E-state index in [-0.39, 0.29) is 16.1 Å². The summed E-state index contributed by atoms with van der Waals surface area (Å²) in [6, 6.07) is 30.5. The van der Waals surface area contributed by atoms with E-state index in [0.29, 0.717) is 18.9 Å². The van der Waals surface area contributed by atoms with Gasteiger partial charge < -0.3 is 15.0 Å². The minimum absolute atomic E-state index is 0.163. The molecular weight excluding hydrogens is 719 g/mol. The first kappa shape index (κ1) is 36.9. The second-order valence-corrected chi connectivity index (χ2v) is 15.9. The van der Waals surface area contributed by atoms with E-state index >= 15 is 0 Å². The molecule has 5 aromatic rings. The Balaban J connectivity index is 0.993. The average molecular weight is 758 g/mol. The Morgan fingerprint density at radius 2 is 1.65 bits per heavy atom. The number of nitro groups is 1. The molecule has 0 radical (unpaired) electrons. The molecule has 1 aliphatic heterocycles. The number of sulfonamides is 1. The highest BCUT2D eigenvalue weighted by atomic mass is 32.2. The zero-order valence-electron chi connectivity index (χ0n) is 28.6. The second-order valence-electron chi connectivity index (χ2n) is 12.0. The molecule has 0 atom stereocenters. The number of anilines is 2. The summed E-state index contributed by atoms with van der Waals surface area (Å²) in [6.45, 7) is 7.30. The van der Waals surface area contributed by atoms with E-state index in [1.807, 2.05) is 49.4 Å². The fourth-order valence-electron chi connectivity index (χ4n) is 5.82. The van der Waals surface area contributed by atoms with Gasteiger partial charge in [-0.25, -0.2) is 13.1 Å². The van der Waals surface area contributed by atoms with Gasteiger partial charge in [-0.2, -0.15) is 0 Å². The summed E-state index contributed by atoms with van der Waals surface area (Å²) in [5, 5.41) is 17.0. The SMILES string of the molecule is CCOc1ccc(-c2csc(CN3CCN(c4ccc(C(=O)NS(=O)(=O)c5ccc(NCCSc6ccccc6)c([N+](=O)[O-])c5)cc4)CC3)c2)cc1. The van der Waals surface area contributed by atoms with Crippen LogP contribution < -0.4 is 19.7 Å². The van der Waals surface area contributed by atoms with E-state index < -0.39 is 26.5 Å². The van der Waals surface area contributed by atoms with Crippen molar-refractivity contribution < 1.29 is 22.9 Å². The molecule has 270 valence electrons. The van der Waals surface area contributed by atoms with Crippen LogP contribution in [0.5, 0.6) is 5.75 Å². The van der Waals surface area contributed by atoms with Crippen LogP contribution in [-0.4, -0.2) is 69.2 Å². The van der Waals surface area contributed by atoms with Crippen LogP contribution in [0.4, 0.5) is 17.1 Å². The minimum Gasteiger partial charge on any atom is -0.494 e. The Morgan fingerprint density at radius 1 is 0.923 bits per heavy atom. The molecule has 2 heterocycles. The Hall–Kier alpha value is -4.89. The highest BCUT2D eigenvalue weighted by Crippen LogP contribution is 2.30. The van der Waals surface area contributed by atoms with Crippen LogP contribution in [-0.2, 0) is 16.6 Å². The summed E-state index contributed by atoms with van der Waals surface area (Å²) in [6.07, 6.45) is 0. The Labute approximate surface area is 311 Å². The molecule has 1 aliphatic rings. The van der Waals surface area contributed by atoms with Crippen molar-refractivity contribution >= 4 is 56.1 Å². The summed E-state index contributed by atoms with van der Waals surface area (Å²) in [7, 11) is -4.38. The molecule has 0 unspecified atom stereocenters. The normalized spacial score (nSPS) is 13.4. The molecule has 4 aromatic carbocycles. The number of carbonyl (C=O) groups is 1. The highest BCUT2D eigenvalue weighted by Gasteiger charge is 2.24. The van der Waals surface area contributed by atoms with Gasteiger partial charge in [-0.05, 0) is 90.2 Å². The molecule has 6 rings (SSSR count). The standard InChI is InChI=1S/C38H39N5O6S3/c1-2-49-32-14-10-28(11-15-32)30-24-34(51-27-30)26-41-19-21-42(22-20-41)31-12-8-29(9-13-31)38(44)40-52(47,48)35-16-17-36(37(25-35)43(45)46)39-18-23-50-33-6-4-3-5-7-33/h3-17,24-25,27,39H,2,18-23,26H2,1H3,(H,40,44). The van der Waals surface area contributed by atoms with Crippen molar-refractivity contribution in [2.24, 2.45) is 0 Å². The first-order valence-corrected chi connectivity index (χ1v) is 20.2. The number of benzene rings is 4. The van der Waals surface area contributed by atoms with Gasteiger partial charge in [0.15, 0.2) is 0 Å². The topological polar surface area (TPSA) is 134 Å². The lowest BCUT2D eigenvalue weighted by Crippen LogP contribution is -2.45. The van der Waals surface area contributed by atoms with Gasteiger partial charge in [0, 0.05) is 72.1 Å². The number of ether oxygens (including phenoxy) is 1. The maximum atomic E-state index is 13.1. The van der Waals surface area contributed by atoms with Crippen molar-refractivity contribution in [1.82, 2.24) is 9.62 Å². The molecular formula is C38H39N5O6S3. The highest BCUT2D eigenvalue weighted by molar-refractivity contribution is 7.99. The minimum atomic E-state index is -4.38. The number of carbonyl (C=O) groups excluding carboxylic acids is 1. The molecule has 1 fully saturated rings. The molecule has 0 saturated carbocycles. The zero-order chi connectivity index (χ0) is 36.5. The first-order chi connectivity index (χ1) is 25.2. The fraction of sp³-hybridized carbons (Fsp3) is 0.237. The van der Waals surface area contributed by atoms with Gasteiger partial charge in [0.25, 0.3) is 21.6 Å². The number of nitro benzene ring substituents is 1. The zero-order valence-corrected chi connectivity index (χ0v) is 31.0. The van der Waals surface area contributed by atoms with Gasteiger partial charge in [0.05, 0.1) is 16.4 Å². The van der Waals surface area contributed by atoms with E-state index in [4.69, 9.17) is 4.74 Å². The smallest absolute Gasteiger partial charge is 0.293 e. The number of nitrogens with zero attached hydrogens (tertiary/aromatic N) is 3. The average Bonchev–Trinajstić information content (AvgIpc) is 3.63. The van der Waals surface area contributed by atoms with Crippen LogP contribution in [0, 0.1) is 10.1 Å². The summed E-state index contributed by atoms with van der Waals surface area (Å²) >= 11 is 3.35. The molecule has 14 heteroatoms. The first-order valence-electron chi connectivity index (χ1n) is 16.8. The monoisotopic (exact) mass is 757 g/mol. The number of rotatable bonds is 15. The lowest BCUT2D eigenvalue weighted by molar-refractivity contribution is -0.384. The molecule has 11 nitrogen and oxygen atoms in total. The van der Waals surface area contributed by atoms with Crippen molar-refractivity contribution in [3.8, 4) is 16.9 Å². The predicted molar refractivity (Wildman–Crippen MR) is 208 cm³/mol. The van der Waals surface area contributed by atoms with Crippen molar-refractivity contribution in [2.45, 2.75) is 23.3 Å². The Kier molecular flexibility index (Phi) is 12.1. The molecule has 2 N–H and O–H groups in total. The quantitative estimate of drug-likeness (QED) is 0.0483. The third-order valence-electron chi connectivity index (χ3n) is 8.53. The van der Waals surface area contributed by atoms with Crippen LogP contribution in [0.15, 0.2) is 118 Å². The van der Waals surface area contributed by atoms with Crippen molar-refractivity contribution in [3.05, 3.63) is 129 Å². The van der Waals surface area contributed by atoms with E-state index in [0.717, 1.165) is 55.1 Å². The maximum Gasteiger partial charge on any atom is 0.293 e. The molecule has 1 amide bonds. The van der Waals surface area contributed by atoms with Gasteiger partial charge >= 0.3 is 0 Å².